The summed E-state index contributed by atoms with van der Waals surface area (Å²) >= 11 is 8.06. The molecule has 216 valence electrons. The van der Waals surface area contributed by atoms with Gasteiger partial charge < -0.3 is 19.5 Å². The molecule has 7 nitrogen and oxygen atoms in total. The number of hydrogen-bond donors (Lipinski definition) is 1. The molecule has 9 heteroatoms. The molecule has 0 unspecified atom stereocenters. The summed E-state index contributed by atoms with van der Waals surface area (Å²) in [6.45, 7) is 8.02. The molecular weight excluding hydrogens is 657 g/mol. The van der Waals surface area contributed by atoms with Gasteiger partial charge in [0.25, 0.3) is 5.91 Å². The number of carbonyl (C=O) groups is 3. The van der Waals surface area contributed by atoms with Crippen LogP contribution < -0.4 is 14.8 Å². The van der Waals surface area contributed by atoms with Crippen molar-refractivity contribution in [2.45, 2.75) is 59.3 Å². The standard InChI is InChI=1S/C32H33ClINO6/c1-31(2)12-21(36)28-24(14-31)41-25-15-32(3,4)13-22(37)29(25)27(28)17-10-20(34)30(23(11-17)39-5)40-16-26(38)35-19-8-6-18(33)7-9-19/h6-11,27H,12-16H2,1-5H3,(H,35,38). The fourth-order valence-electron chi connectivity index (χ4n) is 5.92. The molecule has 1 heterocycles. The molecule has 5 rings (SSSR count). The molecular formula is C32H33ClINO6. The van der Waals surface area contributed by atoms with Crippen molar-refractivity contribution in [1.82, 2.24) is 0 Å². The maximum atomic E-state index is 13.6. The lowest BCUT2D eigenvalue weighted by atomic mass is 9.65. The number of ether oxygens (including phenoxy) is 3. The number of rotatable bonds is 6. The fraction of sp³-hybridized carbons (Fsp3) is 0.406. The van der Waals surface area contributed by atoms with Crippen LogP contribution in [0.15, 0.2) is 59.1 Å². The number of hydrogen-bond acceptors (Lipinski definition) is 6. The Bertz CT molecular complexity index is 1450. The minimum absolute atomic E-state index is 0.00129. The second-order valence-electron chi connectivity index (χ2n) is 12.5. The van der Waals surface area contributed by atoms with Gasteiger partial charge in [-0.1, -0.05) is 39.3 Å². The van der Waals surface area contributed by atoms with Gasteiger partial charge in [0.1, 0.15) is 11.5 Å². The Labute approximate surface area is 258 Å². The minimum Gasteiger partial charge on any atom is -0.493 e. The Morgan fingerprint density at radius 2 is 1.54 bits per heavy atom. The topological polar surface area (TPSA) is 90.9 Å². The number of allylic oxidation sites excluding steroid dienone is 4. The molecule has 0 atom stereocenters. The van der Waals surface area contributed by atoms with Crippen LogP contribution in [0.1, 0.15) is 64.9 Å². The zero-order valence-electron chi connectivity index (χ0n) is 23.8. The van der Waals surface area contributed by atoms with E-state index in [1.165, 1.54) is 7.11 Å². The molecule has 2 aromatic rings. The largest absolute Gasteiger partial charge is 0.493 e. The monoisotopic (exact) mass is 689 g/mol. The van der Waals surface area contributed by atoms with Gasteiger partial charge in [-0.15, -0.1) is 0 Å². The normalized spacial score (nSPS) is 19.8. The molecule has 0 aromatic heterocycles. The van der Waals surface area contributed by atoms with Gasteiger partial charge in [0.2, 0.25) is 0 Å². The summed E-state index contributed by atoms with van der Waals surface area (Å²) in [5.74, 6) is 1.25. The highest BCUT2D eigenvalue weighted by Gasteiger charge is 2.48. The van der Waals surface area contributed by atoms with Crippen LogP contribution in [0.4, 0.5) is 5.69 Å². The van der Waals surface area contributed by atoms with Crippen molar-refractivity contribution < 1.29 is 28.6 Å². The third-order valence-corrected chi connectivity index (χ3v) is 8.70. The predicted octanol–water partition coefficient (Wildman–Crippen LogP) is 7.37. The molecule has 1 N–H and O–H groups in total. The summed E-state index contributed by atoms with van der Waals surface area (Å²) in [7, 11) is 1.53. The van der Waals surface area contributed by atoms with Crippen molar-refractivity contribution in [1.29, 1.82) is 0 Å². The highest BCUT2D eigenvalue weighted by molar-refractivity contribution is 14.1. The van der Waals surface area contributed by atoms with Crippen molar-refractivity contribution in [2.75, 3.05) is 19.0 Å². The number of halogens is 2. The number of carbonyl (C=O) groups excluding carboxylic acids is 3. The van der Waals surface area contributed by atoms with Gasteiger partial charge in [0, 0.05) is 53.5 Å². The highest BCUT2D eigenvalue weighted by atomic mass is 127. The average Bonchev–Trinajstić information content (AvgIpc) is 2.86. The second-order valence-corrected chi connectivity index (χ2v) is 14.1. The first-order chi connectivity index (χ1) is 19.3. The van der Waals surface area contributed by atoms with E-state index in [1.54, 1.807) is 30.3 Å². The lowest BCUT2D eigenvalue weighted by Gasteiger charge is -2.42. The maximum Gasteiger partial charge on any atom is 0.262 e. The minimum atomic E-state index is -0.550. The summed E-state index contributed by atoms with van der Waals surface area (Å²) in [4.78, 5) is 39.8. The van der Waals surface area contributed by atoms with Gasteiger partial charge in [0.05, 0.1) is 10.7 Å². The van der Waals surface area contributed by atoms with E-state index in [0.29, 0.717) is 74.1 Å². The third-order valence-electron chi connectivity index (χ3n) is 7.64. The van der Waals surface area contributed by atoms with E-state index in [2.05, 4.69) is 55.6 Å². The number of Topliss-reactive ketones (excluding diaryl/α,β-unsaturated/α-hetero) is 2. The average molecular weight is 690 g/mol. The van der Waals surface area contributed by atoms with E-state index < -0.39 is 5.92 Å². The molecule has 0 saturated carbocycles. The number of ketones is 2. The van der Waals surface area contributed by atoms with E-state index in [9.17, 15) is 14.4 Å². The highest BCUT2D eigenvalue weighted by Crippen LogP contribution is 2.54. The molecule has 3 aliphatic rings. The Morgan fingerprint density at radius 1 is 0.976 bits per heavy atom. The molecule has 2 aromatic carbocycles. The zero-order chi connectivity index (χ0) is 29.7. The second kappa shape index (κ2) is 11.1. The molecule has 1 amide bonds. The first-order valence-electron chi connectivity index (χ1n) is 13.5. The van der Waals surface area contributed by atoms with Crippen LogP contribution in [0.5, 0.6) is 11.5 Å². The number of nitrogens with one attached hydrogen (secondary N) is 1. The predicted molar refractivity (Wildman–Crippen MR) is 165 cm³/mol. The van der Waals surface area contributed by atoms with Gasteiger partial charge >= 0.3 is 0 Å². The maximum absolute atomic E-state index is 13.6. The molecule has 0 radical (unpaired) electrons. The Morgan fingerprint density at radius 3 is 2.07 bits per heavy atom. The SMILES string of the molecule is COc1cc(C2C3=C(CC(C)(C)CC3=O)OC3=C2C(=O)CC(C)(C)C3)cc(I)c1OCC(=O)Nc1ccc(Cl)cc1. The van der Waals surface area contributed by atoms with Crippen molar-refractivity contribution in [2.24, 2.45) is 10.8 Å². The van der Waals surface area contributed by atoms with Gasteiger partial charge in [-0.25, -0.2) is 0 Å². The summed E-state index contributed by atoms with van der Waals surface area (Å²) in [6.07, 6.45) is 2.00. The number of methoxy groups -OCH3 is 1. The van der Waals surface area contributed by atoms with Gasteiger partial charge in [-0.2, -0.15) is 0 Å². The van der Waals surface area contributed by atoms with Crippen LogP contribution in [0.2, 0.25) is 5.02 Å². The molecule has 1 aliphatic heterocycles. The lowest BCUT2D eigenvalue weighted by Crippen LogP contribution is -2.37. The van der Waals surface area contributed by atoms with Crippen molar-refractivity contribution in [3.8, 4) is 11.5 Å². The summed E-state index contributed by atoms with van der Waals surface area (Å²) in [5.41, 5.74) is 2.02. The van der Waals surface area contributed by atoms with E-state index in [-0.39, 0.29) is 34.9 Å². The summed E-state index contributed by atoms with van der Waals surface area (Å²) in [6, 6.07) is 10.5. The van der Waals surface area contributed by atoms with E-state index >= 15 is 0 Å². The smallest absolute Gasteiger partial charge is 0.262 e. The summed E-state index contributed by atoms with van der Waals surface area (Å²) < 4.78 is 18.7. The van der Waals surface area contributed by atoms with Crippen molar-refractivity contribution >= 4 is 57.4 Å². The molecule has 0 fully saturated rings. The quantitative estimate of drug-likeness (QED) is 0.319. The van der Waals surface area contributed by atoms with Gasteiger partial charge in [0.15, 0.2) is 29.7 Å². The Balaban J connectivity index is 1.50. The molecule has 2 aliphatic carbocycles. The lowest BCUT2D eigenvalue weighted by molar-refractivity contribution is -0.120. The first-order valence-corrected chi connectivity index (χ1v) is 15.0. The first kappa shape index (κ1) is 29.6. The van der Waals surface area contributed by atoms with E-state index in [1.807, 2.05) is 6.07 Å². The number of amides is 1. The van der Waals surface area contributed by atoms with Crippen molar-refractivity contribution in [3.05, 3.63) is 73.2 Å². The number of benzene rings is 2. The van der Waals surface area contributed by atoms with Crippen LogP contribution >= 0.6 is 34.2 Å². The molecule has 0 spiro atoms. The fourth-order valence-corrected chi connectivity index (χ4v) is 6.83. The van der Waals surface area contributed by atoms with Gasteiger partial charge in [-0.3, -0.25) is 14.4 Å². The third kappa shape index (κ3) is 6.18. The van der Waals surface area contributed by atoms with E-state index in [4.69, 9.17) is 25.8 Å². The van der Waals surface area contributed by atoms with Crippen LogP contribution in [-0.4, -0.2) is 31.2 Å². The van der Waals surface area contributed by atoms with Crippen LogP contribution in [0, 0.1) is 14.4 Å². The van der Waals surface area contributed by atoms with Crippen molar-refractivity contribution in [3.63, 3.8) is 0 Å². The van der Waals surface area contributed by atoms with Crippen LogP contribution in [-0.2, 0) is 19.1 Å². The van der Waals surface area contributed by atoms with E-state index in [0.717, 1.165) is 5.56 Å². The van der Waals surface area contributed by atoms with Crippen LogP contribution in [0.3, 0.4) is 0 Å². The van der Waals surface area contributed by atoms with Gasteiger partial charge in [-0.05, 0) is 75.4 Å². The molecule has 0 saturated heterocycles. The molecule has 41 heavy (non-hydrogen) atoms. The summed E-state index contributed by atoms with van der Waals surface area (Å²) in [5, 5.41) is 3.35. The Hall–Kier alpha value is -2.85. The zero-order valence-corrected chi connectivity index (χ0v) is 26.7. The molecule has 0 bridgehead atoms. The number of anilines is 1. The van der Waals surface area contributed by atoms with Crippen LogP contribution in [0.25, 0.3) is 0 Å². The Kier molecular flexibility index (Phi) is 8.02.